The van der Waals surface area contributed by atoms with Gasteiger partial charge in [-0.15, -0.1) is 0 Å². The summed E-state index contributed by atoms with van der Waals surface area (Å²) in [4.78, 5) is 12.3. The lowest BCUT2D eigenvalue weighted by Gasteiger charge is -2.00. The van der Waals surface area contributed by atoms with Crippen LogP contribution in [0.2, 0.25) is 0 Å². The molecule has 0 radical (unpaired) electrons. The lowest BCUT2D eigenvalue weighted by Crippen LogP contribution is -2.14. The maximum atomic E-state index is 5.65. The van der Waals surface area contributed by atoms with Crippen LogP contribution in [0.5, 0.6) is 0 Å². The summed E-state index contributed by atoms with van der Waals surface area (Å²) < 4.78 is 0. The molecule has 2 rings (SSSR count). The minimum Gasteiger partial charge on any atom is -0.382 e. The molecule has 0 saturated heterocycles. The molecule has 2 heterocycles. The number of fused-ring (bicyclic) bond motifs is 1. The second kappa shape index (κ2) is 9.10. The first-order chi connectivity index (χ1) is 8.81. The highest BCUT2D eigenvalue weighted by Gasteiger charge is 2.01. The molecule has 4 heteroatoms. The second-order valence-corrected chi connectivity index (χ2v) is 2.86. The molecule has 0 saturated carbocycles. The number of hydrogen-bond acceptors (Lipinski definition) is 3. The molecule has 0 fully saturated rings. The fourth-order valence-corrected chi connectivity index (χ4v) is 1.21. The fraction of sp³-hybridized carbons (Fsp3) is 0.357. The van der Waals surface area contributed by atoms with Gasteiger partial charge in [-0.2, -0.15) is 0 Å². The molecule has 4 nitrogen and oxygen atoms in total. The van der Waals surface area contributed by atoms with Crippen LogP contribution in [0.3, 0.4) is 0 Å². The molecule has 2 aromatic rings. The molecule has 2 N–H and O–H groups in total. The Kier molecular flexibility index (Phi) is 8.10. The number of aromatic nitrogens is 2. The molecule has 0 aliphatic carbocycles. The maximum absolute atomic E-state index is 5.65. The molecule has 0 amide bonds. The van der Waals surface area contributed by atoms with E-state index in [-0.39, 0.29) is 0 Å². The van der Waals surface area contributed by atoms with E-state index in [9.17, 15) is 0 Å². The van der Waals surface area contributed by atoms with Crippen molar-refractivity contribution in [2.45, 2.75) is 27.7 Å². The summed E-state index contributed by atoms with van der Waals surface area (Å²) >= 11 is 0. The Balaban J connectivity index is 0.000000659. The number of amidine groups is 1. The number of nitrogens with zero attached hydrogens (tertiary/aromatic N) is 3. The van der Waals surface area contributed by atoms with Crippen LogP contribution in [-0.4, -0.2) is 22.9 Å². The average molecular weight is 246 g/mol. The third kappa shape index (κ3) is 4.13. The quantitative estimate of drug-likeness (QED) is 0.621. The summed E-state index contributed by atoms with van der Waals surface area (Å²) in [5, 5.41) is 1.00. The van der Waals surface area contributed by atoms with E-state index >= 15 is 0 Å². The third-order valence-electron chi connectivity index (χ3n) is 1.97. The van der Waals surface area contributed by atoms with Crippen molar-refractivity contribution < 1.29 is 0 Å². The standard InChI is InChI=1S/C10H10N4.2C2H6/c1-12-9(11)8-5-4-7-3-2-6-13-10(7)14-8;2*1-2/h2-6H,1H3,(H2,11,12);2*1-2H3. The minimum atomic E-state index is 0.428. The number of hydrogen-bond donors (Lipinski definition) is 1. The van der Waals surface area contributed by atoms with E-state index in [4.69, 9.17) is 5.73 Å². The molecule has 98 valence electrons. The van der Waals surface area contributed by atoms with Crippen LogP contribution in [0, 0.1) is 0 Å². The number of pyridine rings is 2. The van der Waals surface area contributed by atoms with Crippen molar-refractivity contribution in [1.29, 1.82) is 0 Å². The Morgan fingerprint density at radius 1 is 1.11 bits per heavy atom. The van der Waals surface area contributed by atoms with E-state index in [1.54, 1.807) is 13.2 Å². The smallest absolute Gasteiger partial charge is 0.159 e. The van der Waals surface area contributed by atoms with E-state index in [2.05, 4.69) is 15.0 Å². The topological polar surface area (TPSA) is 64.2 Å². The molecular formula is C14H22N4. The van der Waals surface area contributed by atoms with Crippen molar-refractivity contribution >= 4 is 16.9 Å². The highest BCUT2D eigenvalue weighted by molar-refractivity contribution is 5.97. The normalized spacial score (nSPS) is 9.94. The van der Waals surface area contributed by atoms with Gasteiger partial charge in [0, 0.05) is 18.6 Å². The monoisotopic (exact) mass is 246 g/mol. The number of aliphatic imine (C=N–C) groups is 1. The Morgan fingerprint density at radius 3 is 2.39 bits per heavy atom. The maximum Gasteiger partial charge on any atom is 0.159 e. The van der Waals surface area contributed by atoms with Crippen LogP contribution in [0.4, 0.5) is 0 Å². The zero-order valence-corrected chi connectivity index (χ0v) is 11.8. The van der Waals surface area contributed by atoms with E-state index < -0.39 is 0 Å². The predicted molar refractivity (Wildman–Crippen MR) is 78.9 cm³/mol. The summed E-state index contributed by atoms with van der Waals surface area (Å²) in [6.07, 6.45) is 1.71. The summed E-state index contributed by atoms with van der Waals surface area (Å²) in [7, 11) is 1.64. The lowest BCUT2D eigenvalue weighted by molar-refractivity contribution is 1.25. The van der Waals surface area contributed by atoms with Crippen molar-refractivity contribution in [3.05, 3.63) is 36.2 Å². The Bertz CT molecular complexity index is 492. The lowest BCUT2D eigenvalue weighted by atomic mass is 10.2. The van der Waals surface area contributed by atoms with Gasteiger partial charge in [0.15, 0.2) is 5.65 Å². The van der Waals surface area contributed by atoms with Crippen LogP contribution in [0.25, 0.3) is 11.0 Å². The number of nitrogens with two attached hydrogens (primary N) is 1. The minimum absolute atomic E-state index is 0.428. The van der Waals surface area contributed by atoms with E-state index in [0.29, 0.717) is 17.2 Å². The van der Waals surface area contributed by atoms with Gasteiger partial charge in [0.1, 0.15) is 11.5 Å². The summed E-state index contributed by atoms with van der Waals surface area (Å²) in [5.41, 5.74) is 7.00. The van der Waals surface area contributed by atoms with Gasteiger partial charge in [-0.05, 0) is 24.3 Å². The van der Waals surface area contributed by atoms with Gasteiger partial charge in [0.25, 0.3) is 0 Å². The van der Waals surface area contributed by atoms with Gasteiger partial charge in [-0.25, -0.2) is 9.97 Å². The molecular weight excluding hydrogens is 224 g/mol. The van der Waals surface area contributed by atoms with Gasteiger partial charge in [-0.3, -0.25) is 4.99 Å². The molecule has 0 bridgehead atoms. The zero-order chi connectivity index (χ0) is 14.0. The Morgan fingerprint density at radius 2 is 1.78 bits per heavy atom. The van der Waals surface area contributed by atoms with E-state index in [1.807, 2.05) is 52.0 Å². The first kappa shape index (κ1) is 16.0. The predicted octanol–water partition coefficient (Wildman–Crippen LogP) is 3.02. The molecule has 0 aliphatic heterocycles. The highest BCUT2D eigenvalue weighted by atomic mass is 14.9. The van der Waals surface area contributed by atoms with Gasteiger partial charge in [0.2, 0.25) is 0 Å². The SMILES string of the molecule is CC.CC.CN=C(N)c1ccc2cccnc2n1. The Labute approximate surface area is 109 Å². The molecule has 0 aliphatic rings. The van der Waals surface area contributed by atoms with Crippen molar-refractivity contribution in [3.8, 4) is 0 Å². The van der Waals surface area contributed by atoms with Gasteiger partial charge in [0.05, 0.1) is 0 Å². The number of rotatable bonds is 1. The van der Waals surface area contributed by atoms with Crippen LogP contribution >= 0.6 is 0 Å². The van der Waals surface area contributed by atoms with Crippen LogP contribution in [0.15, 0.2) is 35.5 Å². The first-order valence-corrected chi connectivity index (χ1v) is 6.25. The van der Waals surface area contributed by atoms with E-state index in [1.165, 1.54) is 0 Å². The summed E-state index contributed by atoms with van der Waals surface area (Å²) in [6, 6.07) is 7.61. The first-order valence-electron chi connectivity index (χ1n) is 6.25. The molecule has 0 aromatic carbocycles. The third-order valence-corrected chi connectivity index (χ3v) is 1.97. The molecule has 0 spiro atoms. The molecule has 2 aromatic heterocycles. The Hall–Kier alpha value is -1.97. The molecule has 0 atom stereocenters. The molecule has 18 heavy (non-hydrogen) atoms. The van der Waals surface area contributed by atoms with Crippen LogP contribution in [-0.2, 0) is 0 Å². The second-order valence-electron chi connectivity index (χ2n) is 2.86. The average Bonchev–Trinajstić information content (AvgIpc) is 2.50. The van der Waals surface area contributed by atoms with Crippen molar-refractivity contribution in [2.24, 2.45) is 10.7 Å². The molecule has 0 unspecified atom stereocenters. The van der Waals surface area contributed by atoms with Crippen molar-refractivity contribution in [1.82, 2.24) is 9.97 Å². The summed E-state index contributed by atoms with van der Waals surface area (Å²) in [6.45, 7) is 8.00. The van der Waals surface area contributed by atoms with E-state index in [0.717, 1.165) is 5.39 Å². The van der Waals surface area contributed by atoms with Gasteiger partial charge >= 0.3 is 0 Å². The van der Waals surface area contributed by atoms with Crippen LogP contribution < -0.4 is 5.73 Å². The largest absolute Gasteiger partial charge is 0.382 e. The van der Waals surface area contributed by atoms with Crippen LogP contribution in [0.1, 0.15) is 33.4 Å². The van der Waals surface area contributed by atoms with Gasteiger partial charge < -0.3 is 5.73 Å². The zero-order valence-electron chi connectivity index (χ0n) is 11.8. The fourth-order valence-electron chi connectivity index (χ4n) is 1.21. The van der Waals surface area contributed by atoms with Crippen molar-refractivity contribution in [2.75, 3.05) is 7.05 Å². The van der Waals surface area contributed by atoms with Gasteiger partial charge in [-0.1, -0.05) is 27.7 Å². The van der Waals surface area contributed by atoms with Crippen molar-refractivity contribution in [3.63, 3.8) is 0 Å². The highest BCUT2D eigenvalue weighted by Crippen LogP contribution is 2.08. The summed E-state index contributed by atoms with van der Waals surface area (Å²) in [5.74, 6) is 0.428.